The summed E-state index contributed by atoms with van der Waals surface area (Å²) >= 11 is 1.56. The lowest BCUT2D eigenvalue weighted by Crippen LogP contribution is -2.38. The van der Waals surface area contributed by atoms with Gasteiger partial charge in [-0.05, 0) is 25.1 Å². The van der Waals surface area contributed by atoms with Gasteiger partial charge in [-0.2, -0.15) is 0 Å². The van der Waals surface area contributed by atoms with E-state index in [0.717, 1.165) is 15.6 Å². The highest BCUT2D eigenvalue weighted by Crippen LogP contribution is 2.45. The number of aliphatic hydroxyl groups excluding tert-OH is 1. The molecule has 22 heavy (non-hydrogen) atoms. The maximum atomic E-state index is 11.8. The van der Waals surface area contributed by atoms with Crippen LogP contribution in [0, 0.1) is 0 Å². The van der Waals surface area contributed by atoms with E-state index in [-0.39, 0.29) is 6.54 Å². The first kappa shape index (κ1) is 14.9. The molecule has 2 aromatic carbocycles. The summed E-state index contributed by atoms with van der Waals surface area (Å²) < 4.78 is 0. The topological polar surface area (TPSA) is 69.6 Å². The first-order valence-corrected chi connectivity index (χ1v) is 7.78. The highest BCUT2D eigenvalue weighted by molar-refractivity contribution is 8.03. The number of para-hydroxylation sites is 1. The van der Waals surface area contributed by atoms with Gasteiger partial charge in [-0.15, -0.1) is 0 Å². The van der Waals surface area contributed by atoms with Crippen LogP contribution >= 0.6 is 11.8 Å². The van der Waals surface area contributed by atoms with Gasteiger partial charge in [0.2, 0.25) is 10.9 Å². The van der Waals surface area contributed by atoms with Gasteiger partial charge in [0.25, 0.3) is 0 Å². The molecule has 0 radical (unpaired) electrons. The number of anilines is 2. The molecule has 3 rings (SSSR count). The van der Waals surface area contributed by atoms with E-state index in [9.17, 15) is 14.7 Å². The van der Waals surface area contributed by atoms with E-state index in [4.69, 9.17) is 0 Å². The molecule has 0 amide bonds. The smallest absolute Gasteiger partial charge is 0.250 e. The van der Waals surface area contributed by atoms with Crippen molar-refractivity contribution < 1.29 is 5.11 Å². The first-order valence-electron chi connectivity index (χ1n) is 6.96. The Morgan fingerprint density at radius 2 is 2.05 bits per heavy atom. The Balaban J connectivity index is 1.90. The second-order valence-corrected chi connectivity index (χ2v) is 6.35. The van der Waals surface area contributed by atoms with E-state index in [0.29, 0.717) is 11.3 Å². The molecule has 6 heteroatoms. The zero-order chi connectivity index (χ0) is 15.9. The number of nitrogens with zero attached hydrogens (tertiary/aromatic N) is 1. The zero-order valence-electron chi connectivity index (χ0n) is 12.3. The fraction of sp³-hybridized carbons (Fsp3) is 0.250. The van der Waals surface area contributed by atoms with E-state index in [1.54, 1.807) is 24.8 Å². The summed E-state index contributed by atoms with van der Waals surface area (Å²) in [5, 5.41) is 13.0. The van der Waals surface area contributed by atoms with Crippen LogP contribution in [0.2, 0.25) is 0 Å². The molecule has 1 aliphatic heterocycles. The van der Waals surface area contributed by atoms with Crippen molar-refractivity contribution in [2.75, 3.05) is 23.8 Å². The van der Waals surface area contributed by atoms with Crippen LogP contribution in [0.25, 0.3) is 6.08 Å². The minimum Gasteiger partial charge on any atom is -0.392 e. The molecular formula is C16H16N2O3S. The number of aliphatic hydroxyl groups is 1. The molecule has 2 aromatic rings. The van der Waals surface area contributed by atoms with E-state index in [1.807, 2.05) is 36.2 Å². The van der Waals surface area contributed by atoms with Gasteiger partial charge in [0.1, 0.15) is 0 Å². The largest absolute Gasteiger partial charge is 0.392 e. The predicted octanol–water partition coefficient (Wildman–Crippen LogP) is 1.62. The number of thioether (sulfide) groups is 1. The Hall–Kier alpha value is -2.05. The van der Waals surface area contributed by atoms with Crippen molar-refractivity contribution in [1.29, 1.82) is 0 Å². The van der Waals surface area contributed by atoms with Gasteiger partial charge in [0.15, 0.2) is 0 Å². The molecule has 1 atom stereocenters. The molecule has 0 saturated heterocycles. The van der Waals surface area contributed by atoms with Gasteiger partial charge in [0, 0.05) is 18.5 Å². The van der Waals surface area contributed by atoms with Crippen LogP contribution in [-0.2, 0) is 0 Å². The normalized spacial score (nSPS) is 17.0. The quantitative estimate of drug-likeness (QED) is 0.835. The minimum absolute atomic E-state index is 0.240. The SMILES string of the molecule is C[C@@H](O)CNc1c(/C=C2\Sc3ccccc3N2C)c(=O)c1=O. The zero-order valence-corrected chi connectivity index (χ0v) is 13.1. The minimum atomic E-state index is -0.585. The second-order valence-electron chi connectivity index (χ2n) is 5.29. The van der Waals surface area contributed by atoms with Gasteiger partial charge in [-0.3, -0.25) is 9.59 Å². The fourth-order valence-corrected chi connectivity index (χ4v) is 3.44. The van der Waals surface area contributed by atoms with Crippen LogP contribution in [0.3, 0.4) is 0 Å². The molecule has 0 aromatic heterocycles. The van der Waals surface area contributed by atoms with Crippen LogP contribution in [0.5, 0.6) is 0 Å². The fourth-order valence-electron chi connectivity index (χ4n) is 2.34. The lowest BCUT2D eigenvalue weighted by Gasteiger charge is -2.16. The van der Waals surface area contributed by atoms with Crippen LogP contribution in [0.1, 0.15) is 12.5 Å². The van der Waals surface area contributed by atoms with Gasteiger partial charge < -0.3 is 15.3 Å². The Morgan fingerprint density at radius 1 is 1.32 bits per heavy atom. The van der Waals surface area contributed by atoms with E-state index in [2.05, 4.69) is 5.32 Å². The van der Waals surface area contributed by atoms with Crippen molar-refractivity contribution in [3.05, 3.63) is 55.3 Å². The summed E-state index contributed by atoms with van der Waals surface area (Å²) in [4.78, 5) is 26.6. The molecule has 0 bridgehead atoms. The third kappa shape index (κ3) is 2.44. The standard InChI is InChI=1S/C16H16N2O3S/c1-9(19)8-17-14-10(15(20)16(14)21)7-13-18(2)11-5-3-4-6-12(11)22-13/h3-7,9,17,19H,8H2,1-2H3/b13-7-/t9-/m1/s1. The van der Waals surface area contributed by atoms with Crippen molar-refractivity contribution in [2.45, 2.75) is 17.9 Å². The van der Waals surface area contributed by atoms with Crippen molar-refractivity contribution >= 4 is 29.2 Å². The third-order valence-electron chi connectivity index (χ3n) is 3.56. The second kappa shape index (κ2) is 5.62. The summed E-state index contributed by atoms with van der Waals surface area (Å²) in [5.41, 5.74) is 0.758. The maximum absolute atomic E-state index is 11.8. The highest BCUT2D eigenvalue weighted by atomic mass is 32.2. The molecule has 0 spiro atoms. The number of rotatable bonds is 4. The first-order chi connectivity index (χ1) is 10.5. The van der Waals surface area contributed by atoms with Crippen molar-refractivity contribution in [2.24, 2.45) is 0 Å². The number of nitrogens with one attached hydrogen (secondary N) is 1. The molecule has 0 aliphatic carbocycles. The maximum Gasteiger partial charge on any atom is 0.250 e. The van der Waals surface area contributed by atoms with E-state index < -0.39 is 17.0 Å². The van der Waals surface area contributed by atoms with Gasteiger partial charge in [-0.25, -0.2) is 0 Å². The highest BCUT2D eigenvalue weighted by Gasteiger charge is 2.25. The number of fused-ring (bicyclic) bond motifs is 1. The summed E-state index contributed by atoms with van der Waals surface area (Å²) in [7, 11) is 1.93. The number of hydrogen-bond acceptors (Lipinski definition) is 6. The van der Waals surface area contributed by atoms with E-state index in [1.165, 1.54) is 0 Å². The molecular weight excluding hydrogens is 300 g/mol. The Labute approximate surface area is 132 Å². The summed E-state index contributed by atoms with van der Waals surface area (Å²) in [6.45, 7) is 1.86. The summed E-state index contributed by atoms with van der Waals surface area (Å²) in [6.07, 6.45) is 1.15. The Morgan fingerprint density at radius 3 is 2.73 bits per heavy atom. The average molecular weight is 316 g/mol. The molecule has 114 valence electrons. The van der Waals surface area contributed by atoms with Crippen molar-refractivity contribution in [3.8, 4) is 0 Å². The van der Waals surface area contributed by atoms with Crippen LogP contribution in [-0.4, -0.2) is 24.8 Å². The number of hydrogen-bond donors (Lipinski definition) is 2. The van der Waals surface area contributed by atoms with Gasteiger partial charge >= 0.3 is 0 Å². The van der Waals surface area contributed by atoms with Crippen LogP contribution in [0.15, 0.2) is 43.8 Å². The van der Waals surface area contributed by atoms with Crippen molar-refractivity contribution in [3.63, 3.8) is 0 Å². The van der Waals surface area contributed by atoms with Gasteiger partial charge in [0.05, 0.1) is 28.1 Å². The average Bonchev–Trinajstić information content (AvgIpc) is 2.82. The lowest BCUT2D eigenvalue weighted by molar-refractivity contribution is 0.208. The summed E-state index contributed by atoms with van der Waals surface area (Å²) in [6, 6.07) is 7.96. The molecule has 1 heterocycles. The molecule has 2 N–H and O–H groups in total. The molecule has 0 fully saturated rings. The van der Waals surface area contributed by atoms with Crippen LogP contribution < -0.4 is 21.1 Å². The Kier molecular flexibility index (Phi) is 3.80. The monoisotopic (exact) mass is 316 g/mol. The van der Waals surface area contributed by atoms with Gasteiger partial charge in [-0.1, -0.05) is 23.9 Å². The lowest BCUT2D eigenvalue weighted by atomic mass is 10.1. The molecule has 5 nitrogen and oxygen atoms in total. The third-order valence-corrected chi connectivity index (χ3v) is 4.73. The molecule has 0 saturated carbocycles. The van der Waals surface area contributed by atoms with E-state index >= 15 is 0 Å². The predicted molar refractivity (Wildman–Crippen MR) is 90.2 cm³/mol. The summed E-state index contributed by atoms with van der Waals surface area (Å²) in [5.74, 6) is 0. The molecule has 0 unspecified atom stereocenters. The number of benzene rings is 1. The van der Waals surface area contributed by atoms with Crippen molar-refractivity contribution in [1.82, 2.24) is 0 Å². The Bertz CT molecular complexity index is 819. The van der Waals surface area contributed by atoms with Crippen LogP contribution in [0.4, 0.5) is 11.4 Å². The molecule has 1 aliphatic rings.